The summed E-state index contributed by atoms with van der Waals surface area (Å²) in [5.41, 5.74) is -0.197. The molecule has 1 aliphatic carbocycles. The number of nitro groups is 1. The Labute approximate surface area is 111 Å². The van der Waals surface area contributed by atoms with Crippen molar-refractivity contribution >= 4 is 11.5 Å². The molecule has 0 aromatic carbocycles. The minimum atomic E-state index is -0.510. The second-order valence-electron chi connectivity index (χ2n) is 5.00. The van der Waals surface area contributed by atoms with Crippen LogP contribution in [0.2, 0.25) is 0 Å². The Morgan fingerprint density at radius 3 is 2.68 bits per heavy atom. The topological polar surface area (TPSA) is 90.2 Å². The van der Waals surface area contributed by atoms with Crippen LogP contribution in [0.25, 0.3) is 0 Å². The van der Waals surface area contributed by atoms with Crippen LogP contribution in [0.3, 0.4) is 0 Å². The molecule has 3 atom stereocenters. The molecule has 0 spiro atoms. The molecule has 1 fully saturated rings. The van der Waals surface area contributed by atoms with Crippen LogP contribution >= 0.6 is 0 Å². The summed E-state index contributed by atoms with van der Waals surface area (Å²) in [6, 6.07) is 0.202. The van der Waals surface area contributed by atoms with Crippen LogP contribution < -0.4 is 10.1 Å². The second-order valence-corrected chi connectivity index (χ2v) is 5.00. The van der Waals surface area contributed by atoms with Gasteiger partial charge < -0.3 is 10.1 Å². The number of hydrogen-bond acceptors (Lipinski definition) is 6. The highest BCUT2D eigenvalue weighted by Crippen LogP contribution is 2.36. The third-order valence-electron chi connectivity index (χ3n) is 3.95. The fourth-order valence-corrected chi connectivity index (χ4v) is 2.53. The van der Waals surface area contributed by atoms with E-state index in [0.29, 0.717) is 11.8 Å². The van der Waals surface area contributed by atoms with Gasteiger partial charge in [0, 0.05) is 6.04 Å². The highest BCUT2D eigenvalue weighted by Gasteiger charge is 2.33. The van der Waals surface area contributed by atoms with Crippen molar-refractivity contribution in [1.29, 1.82) is 0 Å². The third kappa shape index (κ3) is 2.59. The van der Waals surface area contributed by atoms with Crippen molar-refractivity contribution in [2.75, 3.05) is 12.4 Å². The Kier molecular flexibility index (Phi) is 3.82. The second kappa shape index (κ2) is 5.38. The first-order chi connectivity index (χ1) is 9.04. The van der Waals surface area contributed by atoms with Gasteiger partial charge in [-0.1, -0.05) is 13.8 Å². The van der Waals surface area contributed by atoms with Gasteiger partial charge in [-0.25, -0.2) is 4.98 Å². The van der Waals surface area contributed by atoms with Crippen molar-refractivity contribution in [1.82, 2.24) is 9.97 Å². The standard InChI is InChI=1S/C12H18N4O3/c1-7-4-5-9(8(7)2)15-11-10(16(17)18)12(19-3)14-6-13-11/h6-9H,4-5H2,1-3H3,(H,13,14,15). The van der Waals surface area contributed by atoms with E-state index in [4.69, 9.17) is 4.74 Å². The molecule has 1 aromatic rings. The predicted octanol–water partition coefficient (Wildman–Crippen LogP) is 2.24. The van der Waals surface area contributed by atoms with Crippen LogP contribution in [0.4, 0.5) is 11.5 Å². The molecule has 0 bridgehead atoms. The van der Waals surface area contributed by atoms with Gasteiger partial charge in [0.1, 0.15) is 6.33 Å². The molecule has 0 saturated heterocycles. The van der Waals surface area contributed by atoms with E-state index in [2.05, 4.69) is 29.1 Å². The number of nitrogens with zero attached hydrogens (tertiary/aromatic N) is 3. The summed E-state index contributed by atoms with van der Waals surface area (Å²) in [5.74, 6) is 1.30. The first-order valence-corrected chi connectivity index (χ1v) is 6.34. The van der Waals surface area contributed by atoms with Crippen LogP contribution in [0.5, 0.6) is 5.88 Å². The van der Waals surface area contributed by atoms with Gasteiger partial charge in [0.05, 0.1) is 12.0 Å². The summed E-state index contributed by atoms with van der Waals surface area (Å²) in [5, 5.41) is 14.3. The van der Waals surface area contributed by atoms with Crippen LogP contribution in [0.15, 0.2) is 6.33 Å². The maximum absolute atomic E-state index is 11.1. The Morgan fingerprint density at radius 2 is 2.16 bits per heavy atom. The third-order valence-corrected chi connectivity index (χ3v) is 3.95. The van der Waals surface area contributed by atoms with Gasteiger partial charge >= 0.3 is 5.69 Å². The molecule has 7 nitrogen and oxygen atoms in total. The normalized spacial score (nSPS) is 26.2. The molecule has 1 heterocycles. The first-order valence-electron chi connectivity index (χ1n) is 6.34. The molecule has 0 amide bonds. The fraction of sp³-hybridized carbons (Fsp3) is 0.667. The summed E-state index contributed by atoms with van der Waals surface area (Å²) < 4.78 is 4.93. The van der Waals surface area contributed by atoms with Crippen molar-refractivity contribution in [3.05, 3.63) is 16.4 Å². The number of ether oxygens (including phenoxy) is 1. The lowest BCUT2D eigenvalue weighted by Crippen LogP contribution is -2.25. The SMILES string of the molecule is COc1ncnc(NC2CCC(C)C2C)c1[N+](=O)[O-]. The number of anilines is 1. The van der Waals surface area contributed by atoms with E-state index >= 15 is 0 Å². The van der Waals surface area contributed by atoms with Crippen LogP contribution in [-0.2, 0) is 0 Å². The highest BCUT2D eigenvalue weighted by atomic mass is 16.6. The number of hydrogen-bond donors (Lipinski definition) is 1. The Morgan fingerprint density at radius 1 is 1.42 bits per heavy atom. The van der Waals surface area contributed by atoms with Crippen molar-refractivity contribution < 1.29 is 9.66 Å². The lowest BCUT2D eigenvalue weighted by atomic mass is 9.98. The van der Waals surface area contributed by atoms with Crippen LogP contribution in [0.1, 0.15) is 26.7 Å². The number of rotatable bonds is 4. The molecule has 1 N–H and O–H groups in total. The van der Waals surface area contributed by atoms with Crippen LogP contribution in [0, 0.1) is 22.0 Å². The minimum Gasteiger partial charge on any atom is -0.476 e. The number of nitrogens with one attached hydrogen (secondary N) is 1. The molecule has 1 aromatic heterocycles. The molecule has 19 heavy (non-hydrogen) atoms. The monoisotopic (exact) mass is 266 g/mol. The van der Waals surface area contributed by atoms with Gasteiger partial charge in [0.15, 0.2) is 0 Å². The first kappa shape index (κ1) is 13.5. The maximum Gasteiger partial charge on any atom is 0.372 e. The molecule has 1 saturated carbocycles. The lowest BCUT2D eigenvalue weighted by molar-refractivity contribution is -0.385. The molecular formula is C12H18N4O3. The summed E-state index contributed by atoms with van der Waals surface area (Å²) in [6.07, 6.45) is 3.39. The van der Waals surface area contributed by atoms with Gasteiger partial charge in [-0.3, -0.25) is 10.1 Å². The average Bonchev–Trinajstić information content (AvgIpc) is 2.70. The predicted molar refractivity (Wildman–Crippen MR) is 70.2 cm³/mol. The van der Waals surface area contributed by atoms with E-state index in [1.54, 1.807) is 0 Å². The largest absolute Gasteiger partial charge is 0.476 e. The maximum atomic E-state index is 11.1. The molecular weight excluding hydrogens is 248 g/mol. The summed E-state index contributed by atoms with van der Waals surface area (Å²) in [6.45, 7) is 4.35. The highest BCUT2D eigenvalue weighted by molar-refractivity contribution is 5.61. The van der Waals surface area contributed by atoms with E-state index in [1.165, 1.54) is 13.4 Å². The van der Waals surface area contributed by atoms with Gasteiger partial charge in [-0.2, -0.15) is 4.98 Å². The summed E-state index contributed by atoms with van der Waals surface area (Å²) >= 11 is 0. The van der Waals surface area contributed by atoms with Crippen molar-refractivity contribution in [2.24, 2.45) is 11.8 Å². The molecule has 2 rings (SSSR count). The van der Waals surface area contributed by atoms with Gasteiger partial charge in [0.25, 0.3) is 5.88 Å². The summed E-state index contributed by atoms with van der Waals surface area (Å²) in [7, 11) is 1.36. The Hall–Kier alpha value is -1.92. The van der Waals surface area contributed by atoms with Crippen molar-refractivity contribution in [3.8, 4) is 5.88 Å². The fourth-order valence-electron chi connectivity index (χ4n) is 2.53. The van der Waals surface area contributed by atoms with E-state index in [9.17, 15) is 10.1 Å². The summed E-state index contributed by atoms with van der Waals surface area (Å²) in [4.78, 5) is 18.4. The average molecular weight is 266 g/mol. The molecule has 0 aliphatic heterocycles. The quantitative estimate of drug-likeness (QED) is 0.664. The molecule has 7 heteroatoms. The molecule has 104 valence electrons. The zero-order valence-corrected chi connectivity index (χ0v) is 11.3. The van der Waals surface area contributed by atoms with E-state index < -0.39 is 4.92 Å². The van der Waals surface area contributed by atoms with Gasteiger partial charge in [-0.05, 0) is 24.7 Å². The van der Waals surface area contributed by atoms with Crippen LogP contribution in [-0.4, -0.2) is 28.0 Å². The van der Waals surface area contributed by atoms with E-state index in [1.807, 2.05) is 0 Å². The van der Waals surface area contributed by atoms with E-state index in [0.717, 1.165) is 12.8 Å². The molecule has 3 unspecified atom stereocenters. The van der Waals surface area contributed by atoms with Gasteiger partial charge in [0.2, 0.25) is 5.82 Å². The Balaban J connectivity index is 2.27. The number of aromatic nitrogens is 2. The van der Waals surface area contributed by atoms with Crippen molar-refractivity contribution in [3.63, 3.8) is 0 Å². The molecule has 1 aliphatic rings. The Bertz CT molecular complexity index is 480. The van der Waals surface area contributed by atoms with E-state index in [-0.39, 0.29) is 23.4 Å². The van der Waals surface area contributed by atoms with Gasteiger partial charge in [-0.15, -0.1) is 0 Å². The zero-order valence-electron chi connectivity index (χ0n) is 11.3. The lowest BCUT2D eigenvalue weighted by Gasteiger charge is -2.20. The smallest absolute Gasteiger partial charge is 0.372 e. The zero-order chi connectivity index (χ0) is 14.0. The number of methoxy groups -OCH3 is 1. The molecule has 0 radical (unpaired) electrons. The minimum absolute atomic E-state index is 0.0128. The van der Waals surface area contributed by atoms with Crippen molar-refractivity contribution in [2.45, 2.75) is 32.7 Å².